The van der Waals surface area contributed by atoms with Gasteiger partial charge >= 0.3 is 0 Å². The summed E-state index contributed by atoms with van der Waals surface area (Å²) >= 11 is 0. The van der Waals surface area contributed by atoms with Crippen LogP contribution in [0.4, 0.5) is 0 Å². The van der Waals surface area contributed by atoms with Crippen LogP contribution in [-0.2, 0) is 6.54 Å². The van der Waals surface area contributed by atoms with Crippen molar-refractivity contribution >= 4 is 5.96 Å². The lowest BCUT2D eigenvalue weighted by Crippen LogP contribution is -2.48. The molecule has 0 aromatic carbocycles. The molecule has 0 aliphatic carbocycles. The predicted molar refractivity (Wildman–Crippen MR) is 98.3 cm³/mol. The van der Waals surface area contributed by atoms with Gasteiger partial charge in [-0.2, -0.15) is 0 Å². The number of aliphatic imine (C=N–C) groups is 1. The Morgan fingerprint density at radius 2 is 2.17 bits per heavy atom. The molecule has 1 aliphatic heterocycles. The van der Waals surface area contributed by atoms with Gasteiger partial charge in [0, 0.05) is 32.2 Å². The summed E-state index contributed by atoms with van der Waals surface area (Å²) in [6.45, 7) is 10.7. The van der Waals surface area contributed by atoms with Crippen LogP contribution in [0.2, 0.25) is 0 Å². The number of aromatic nitrogens is 1. The molecule has 0 bridgehead atoms. The van der Waals surface area contributed by atoms with Crippen molar-refractivity contribution in [1.29, 1.82) is 0 Å². The first-order valence-electron chi connectivity index (χ1n) is 9.27. The van der Waals surface area contributed by atoms with E-state index in [1.165, 1.54) is 45.3 Å². The predicted octanol–water partition coefficient (Wildman–Crippen LogP) is 2.73. The van der Waals surface area contributed by atoms with E-state index in [0.29, 0.717) is 18.5 Å². The van der Waals surface area contributed by atoms with Gasteiger partial charge in [0.2, 0.25) is 0 Å². The van der Waals surface area contributed by atoms with E-state index in [9.17, 15) is 0 Å². The van der Waals surface area contributed by atoms with Crippen LogP contribution in [0, 0.1) is 0 Å². The number of hydrogen-bond acceptors (Lipinski definition) is 4. The van der Waals surface area contributed by atoms with E-state index >= 15 is 0 Å². The van der Waals surface area contributed by atoms with Crippen LogP contribution in [0.25, 0.3) is 0 Å². The monoisotopic (exact) mass is 335 g/mol. The Kier molecular flexibility index (Phi) is 7.56. The topological polar surface area (TPSA) is 65.7 Å². The van der Waals surface area contributed by atoms with Gasteiger partial charge in [-0.1, -0.05) is 32.3 Å². The molecule has 0 spiro atoms. The number of guanidine groups is 1. The molecule has 0 saturated carbocycles. The fraction of sp³-hybridized carbons (Fsp3) is 0.778. The Labute approximate surface area is 146 Å². The molecule has 2 heterocycles. The van der Waals surface area contributed by atoms with Crippen LogP contribution in [0.1, 0.15) is 63.8 Å². The molecule has 1 aromatic rings. The number of hydrogen-bond donors (Lipinski definition) is 2. The Morgan fingerprint density at radius 1 is 1.42 bits per heavy atom. The van der Waals surface area contributed by atoms with Gasteiger partial charge in [-0.3, -0.25) is 4.99 Å². The molecule has 136 valence electrons. The number of likely N-dealkylation sites (tertiary alicyclic amines) is 1. The largest absolute Gasteiger partial charge is 0.359 e. The smallest absolute Gasteiger partial charge is 0.191 e. The van der Waals surface area contributed by atoms with E-state index in [1.54, 1.807) is 0 Å². The first kappa shape index (κ1) is 18.8. The fourth-order valence-electron chi connectivity index (χ4n) is 2.93. The third-order valence-electron chi connectivity index (χ3n) is 4.58. The van der Waals surface area contributed by atoms with Crippen molar-refractivity contribution in [2.75, 3.05) is 26.7 Å². The Balaban J connectivity index is 1.72. The highest BCUT2D eigenvalue weighted by Crippen LogP contribution is 2.14. The molecule has 6 heteroatoms. The molecule has 24 heavy (non-hydrogen) atoms. The maximum absolute atomic E-state index is 5.36. The highest BCUT2D eigenvalue weighted by Gasteiger charge is 2.19. The summed E-state index contributed by atoms with van der Waals surface area (Å²) in [6, 6.07) is 2.51. The molecule has 0 radical (unpaired) electrons. The van der Waals surface area contributed by atoms with Gasteiger partial charge in [-0.05, 0) is 31.7 Å². The van der Waals surface area contributed by atoms with Crippen molar-refractivity contribution in [3.63, 3.8) is 0 Å². The van der Waals surface area contributed by atoms with Gasteiger partial charge < -0.3 is 20.1 Å². The number of nitrogens with zero attached hydrogens (tertiary/aromatic N) is 3. The zero-order valence-electron chi connectivity index (χ0n) is 15.6. The number of piperidine rings is 1. The fourth-order valence-corrected chi connectivity index (χ4v) is 2.93. The standard InChI is InChI=1S/C18H33N5O/c1-5-6-9-23-10-7-15(8-11-23)21-18(19-4)20-13-16-12-17(14(2)3)22-24-16/h12,14-15H,5-11,13H2,1-4H3,(H2,19,20,21). The molecule has 1 fully saturated rings. The minimum absolute atomic E-state index is 0.387. The van der Waals surface area contributed by atoms with Crippen LogP contribution < -0.4 is 10.6 Å². The van der Waals surface area contributed by atoms with Gasteiger partial charge in [0.05, 0.1) is 12.2 Å². The van der Waals surface area contributed by atoms with Gasteiger partial charge in [0.15, 0.2) is 11.7 Å². The molecule has 1 aromatic heterocycles. The Hall–Kier alpha value is -1.56. The lowest BCUT2D eigenvalue weighted by molar-refractivity contribution is 0.203. The molecule has 2 rings (SSSR count). The maximum Gasteiger partial charge on any atom is 0.191 e. The minimum atomic E-state index is 0.387. The Morgan fingerprint density at radius 3 is 2.75 bits per heavy atom. The van der Waals surface area contributed by atoms with Crippen molar-refractivity contribution in [2.45, 2.75) is 65.0 Å². The second kappa shape index (κ2) is 9.67. The van der Waals surface area contributed by atoms with Gasteiger partial charge in [-0.25, -0.2) is 0 Å². The average Bonchev–Trinajstić information content (AvgIpc) is 3.07. The quantitative estimate of drug-likeness (QED) is 0.592. The van der Waals surface area contributed by atoms with Crippen LogP contribution in [0.3, 0.4) is 0 Å². The van der Waals surface area contributed by atoms with Crippen LogP contribution in [-0.4, -0.2) is 48.7 Å². The summed E-state index contributed by atoms with van der Waals surface area (Å²) in [5.41, 5.74) is 0.995. The van der Waals surface area contributed by atoms with Crippen molar-refractivity contribution in [1.82, 2.24) is 20.7 Å². The first-order valence-corrected chi connectivity index (χ1v) is 9.27. The summed E-state index contributed by atoms with van der Waals surface area (Å²) < 4.78 is 5.36. The average molecular weight is 335 g/mol. The molecule has 1 saturated heterocycles. The molecule has 2 N–H and O–H groups in total. The minimum Gasteiger partial charge on any atom is -0.359 e. The summed E-state index contributed by atoms with van der Waals surface area (Å²) in [5.74, 6) is 2.07. The van der Waals surface area contributed by atoms with E-state index in [0.717, 1.165) is 17.4 Å². The van der Waals surface area contributed by atoms with Crippen LogP contribution >= 0.6 is 0 Å². The van der Waals surface area contributed by atoms with Crippen LogP contribution in [0.15, 0.2) is 15.6 Å². The van der Waals surface area contributed by atoms with E-state index in [2.05, 4.69) is 46.5 Å². The summed E-state index contributed by atoms with van der Waals surface area (Å²) in [6.07, 6.45) is 4.92. The lowest BCUT2D eigenvalue weighted by Gasteiger charge is -2.33. The van der Waals surface area contributed by atoms with Gasteiger partial charge in [0.1, 0.15) is 0 Å². The lowest BCUT2D eigenvalue weighted by atomic mass is 10.0. The zero-order valence-corrected chi connectivity index (χ0v) is 15.6. The van der Waals surface area contributed by atoms with Crippen molar-refractivity contribution in [3.05, 3.63) is 17.5 Å². The van der Waals surface area contributed by atoms with E-state index < -0.39 is 0 Å². The van der Waals surface area contributed by atoms with E-state index in [4.69, 9.17) is 4.52 Å². The number of rotatable bonds is 7. The van der Waals surface area contributed by atoms with Crippen molar-refractivity contribution < 1.29 is 4.52 Å². The summed E-state index contributed by atoms with van der Waals surface area (Å²) in [5, 5.41) is 10.9. The molecule has 1 aliphatic rings. The molecule has 0 unspecified atom stereocenters. The van der Waals surface area contributed by atoms with Crippen LogP contribution in [0.5, 0.6) is 0 Å². The molecular formula is C18H33N5O. The number of unbranched alkanes of at least 4 members (excludes halogenated alkanes) is 1. The van der Waals surface area contributed by atoms with E-state index in [1.807, 2.05) is 13.1 Å². The molecule has 0 amide bonds. The molecule has 0 atom stereocenters. The maximum atomic E-state index is 5.36. The normalized spacial score (nSPS) is 17.5. The third-order valence-corrected chi connectivity index (χ3v) is 4.58. The summed E-state index contributed by atoms with van der Waals surface area (Å²) in [4.78, 5) is 6.90. The SMILES string of the molecule is CCCCN1CCC(NC(=NC)NCc2cc(C(C)C)no2)CC1. The van der Waals surface area contributed by atoms with Gasteiger partial charge in [-0.15, -0.1) is 0 Å². The zero-order chi connectivity index (χ0) is 17.4. The number of nitrogens with one attached hydrogen (secondary N) is 2. The highest BCUT2D eigenvalue weighted by molar-refractivity contribution is 5.79. The highest BCUT2D eigenvalue weighted by atomic mass is 16.5. The Bertz CT molecular complexity index is 503. The first-order chi connectivity index (χ1) is 11.6. The molecule has 6 nitrogen and oxygen atoms in total. The van der Waals surface area contributed by atoms with E-state index in [-0.39, 0.29) is 0 Å². The second-order valence-corrected chi connectivity index (χ2v) is 6.91. The van der Waals surface area contributed by atoms with Crippen molar-refractivity contribution in [3.8, 4) is 0 Å². The van der Waals surface area contributed by atoms with Crippen molar-refractivity contribution in [2.24, 2.45) is 4.99 Å². The third kappa shape index (κ3) is 5.82. The van der Waals surface area contributed by atoms with Gasteiger partial charge in [0.25, 0.3) is 0 Å². The molecular weight excluding hydrogens is 302 g/mol. The second-order valence-electron chi connectivity index (χ2n) is 6.91. The summed E-state index contributed by atoms with van der Waals surface area (Å²) in [7, 11) is 1.81.